The Morgan fingerprint density at radius 2 is 2.18 bits per heavy atom. The number of nitrogens with one attached hydrogen (secondary N) is 2. The van der Waals surface area contributed by atoms with Crippen molar-refractivity contribution in [1.29, 1.82) is 0 Å². The van der Waals surface area contributed by atoms with Gasteiger partial charge in [0.05, 0.1) is 17.8 Å². The van der Waals surface area contributed by atoms with Gasteiger partial charge in [-0.1, -0.05) is 19.9 Å². The molecular formula is C13H19N3O. The van der Waals surface area contributed by atoms with E-state index < -0.39 is 0 Å². The van der Waals surface area contributed by atoms with Crippen molar-refractivity contribution < 1.29 is 5.11 Å². The van der Waals surface area contributed by atoms with Crippen molar-refractivity contribution in [2.24, 2.45) is 0 Å². The second-order valence-corrected chi connectivity index (χ2v) is 5.02. The van der Waals surface area contributed by atoms with E-state index in [0.717, 1.165) is 23.4 Å². The minimum absolute atomic E-state index is 0.00877. The summed E-state index contributed by atoms with van der Waals surface area (Å²) in [6, 6.07) is 6.27. The molecule has 0 unspecified atom stereocenters. The topological polar surface area (TPSA) is 60.9 Å². The number of aromatic nitrogens is 2. The van der Waals surface area contributed by atoms with Crippen molar-refractivity contribution in [1.82, 2.24) is 15.3 Å². The number of fused-ring (bicyclic) bond motifs is 1. The summed E-state index contributed by atoms with van der Waals surface area (Å²) in [5.74, 6) is 0.934. The van der Waals surface area contributed by atoms with Crippen molar-refractivity contribution in [2.75, 3.05) is 13.3 Å². The third kappa shape index (κ3) is 2.48. The highest BCUT2D eigenvalue weighted by Crippen LogP contribution is 2.25. The molecule has 0 aliphatic carbocycles. The van der Waals surface area contributed by atoms with E-state index in [9.17, 15) is 0 Å². The van der Waals surface area contributed by atoms with Gasteiger partial charge < -0.3 is 10.1 Å². The van der Waals surface area contributed by atoms with Crippen LogP contribution >= 0.6 is 0 Å². The van der Waals surface area contributed by atoms with Crippen molar-refractivity contribution in [3.63, 3.8) is 0 Å². The first-order valence-electron chi connectivity index (χ1n) is 5.81. The van der Waals surface area contributed by atoms with Crippen LogP contribution in [0, 0.1) is 6.92 Å². The van der Waals surface area contributed by atoms with Crippen LogP contribution in [0.5, 0.6) is 0 Å². The van der Waals surface area contributed by atoms with Gasteiger partial charge in [0, 0.05) is 12.0 Å². The van der Waals surface area contributed by atoms with E-state index in [1.54, 1.807) is 0 Å². The van der Waals surface area contributed by atoms with E-state index in [2.05, 4.69) is 41.3 Å². The largest absolute Gasteiger partial charge is 0.381 e. The zero-order valence-corrected chi connectivity index (χ0v) is 10.5. The Morgan fingerprint density at radius 1 is 1.41 bits per heavy atom. The predicted molar refractivity (Wildman–Crippen MR) is 68.9 cm³/mol. The second kappa shape index (κ2) is 4.47. The number of hydrogen-bond donors (Lipinski definition) is 3. The zero-order chi connectivity index (χ0) is 12.5. The standard InChI is InChI=1S/C13H19N3O/c1-9-15-11-5-4-10(6-12(11)16-9)13(2,3)7-14-8-17/h4-6,14,17H,7-8H2,1-3H3,(H,15,16). The molecule has 0 saturated carbocycles. The summed E-state index contributed by atoms with van der Waals surface area (Å²) in [7, 11) is 0. The first-order chi connectivity index (χ1) is 8.03. The minimum atomic E-state index is -0.0179. The molecule has 92 valence electrons. The number of aryl methyl sites for hydroxylation is 1. The third-order valence-corrected chi connectivity index (χ3v) is 3.06. The predicted octanol–water partition coefficient (Wildman–Crippen LogP) is 1.69. The summed E-state index contributed by atoms with van der Waals surface area (Å²) < 4.78 is 0. The maximum atomic E-state index is 8.82. The fourth-order valence-corrected chi connectivity index (χ4v) is 2.03. The van der Waals surface area contributed by atoms with Crippen LogP contribution in [0.1, 0.15) is 25.2 Å². The molecule has 4 heteroatoms. The maximum absolute atomic E-state index is 8.82. The van der Waals surface area contributed by atoms with E-state index in [1.165, 1.54) is 5.56 Å². The first kappa shape index (κ1) is 12.1. The molecule has 0 saturated heterocycles. The lowest BCUT2D eigenvalue weighted by Gasteiger charge is -2.25. The van der Waals surface area contributed by atoms with Crippen LogP contribution in [0.4, 0.5) is 0 Å². The number of aromatic amines is 1. The number of imidazole rings is 1. The lowest BCUT2D eigenvalue weighted by atomic mass is 9.84. The number of nitrogens with zero attached hydrogens (tertiary/aromatic N) is 1. The van der Waals surface area contributed by atoms with Crippen molar-refractivity contribution in [3.05, 3.63) is 29.6 Å². The maximum Gasteiger partial charge on any atom is 0.104 e. The Balaban J connectivity index is 2.34. The molecule has 0 atom stereocenters. The van der Waals surface area contributed by atoms with Crippen LogP contribution in [0.2, 0.25) is 0 Å². The van der Waals surface area contributed by atoms with Gasteiger partial charge in [-0.15, -0.1) is 0 Å². The van der Waals surface area contributed by atoms with E-state index in [-0.39, 0.29) is 12.1 Å². The molecule has 0 spiro atoms. The van der Waals surface area contributed by atoms with Crippen LogP contribution in [0.25, 0.3) is 11.0 Å². The Labute approximate surface area is 101 Å². The van der Waals surface area contributed by atoms with Gasteiger partial charge in [-0.3, -0.25) is 5.32 Å². The summed E-state index contributed by atoms with van der Waals surface area (Å²) in [5, 5.41) is 11.8. The average Bonchev–Trinajstić information content (AvgIpc) is 2.65. The van der Waals surface area contributed by atoms with Crippen molar-refractivity contribution in [3.8, 4) is 0 Å². The molecule has 0 amide bonds. The Bertz CT molecular complexity index is 516. The van der Waals surface area contributed by atoms with Crippen LogP contribution in [0.3, 0.4) is 0 Å². The van der Waals surface area contributed by atoms with Crippen LogP contribution in [-0.4, -0.2) is 28.4 Å². The second-order valence-electron chi connectivity index (χ2n) is 5.02. The van der Waals surface area contributed by atoms with Gasteiger partial charge in [0.25, 0.3) is 0 Å². The molecule has 0 fully saturated rings. The molecule has 0 radical (unpaired) electrons. The van der Waals surface area contributed by atoms with Gasteiger partial charge in [-0.25, -0.2) is 4.98 Å². The highest BCUT2D eigenvalue weighted by Gasteiger charge is 2.20. The summed E-state index contributed by atoms with van der Waals surface area (Å²) in [5.41, 5.74) is 3.28. The Kier molecular flexibility index (Phi) is 3.17. The minimum Gasteiger partial charge on any atom is -0.381 e. The number of hydrogen-bond acceptors (Lipinski definition) is 3. The Hall–Kier alpha value is -1.39. The van der Waals surface area contributed by atoms with Gasteiger partial charge in [0.15, 0.2) is 0 Å². The molecule has 4 nitrogen and oxygen atoms in total. The molecule has 2 aromatic rings. The molecule has 0 aliphatic heterocycles. The summed E-state index contributed by atoms with van der Waals surface area (Å²) in [4.78, 5) is 7.63. The van der Waals surface area contributed by atoms with Gasteiger partial charge in [0.2, 0.25) is 0 Å². The van der Waals surface area contributed by atoms with Gasteiger partial charge >= 0.3 is 0 Å². The van der Waals surface area contributed by atoms with Crippen molar-refractivity contribution in [2.45, 2.75) is 26.2 Å². The van der Waals surface area contributed by atoms with Crippen LogP contribution in [-0.2, 0) is 5.41 Å². The molecule has 0 bridgehead atoms. The number of rotatable bonds is 4. The highest BCUT2D eigenvalue weighted by molar-refractivity contribution is 5.76. The Morgan fingerprint density at radius 3 is 2.88 bits per heavy atom. The fraction of sp³-hybridized carbons (Fsp3) is 0.462. The number of H-pyrrole nitrogens is 1. The summed E-state index contributed by atoms with van der Waals surface area (Å²) in [6.07, 6.45) is 0. The number of aliphatic hydroxyl groups excluding tert-OH is 1. The molecular weight excluding hydrogens is 214 g/mol. The monoisotopic (exact) mass is 233 g/mol. The molecule has 0 aliphatic rings. The van der Waals surface area contributed by atoms with Crippen LogP contribution in [0.15, 0.2) is 18.2 Å². The van der Waals surface area contributed by atoms with E-state index in [0.29, 0.717) is 0 Å². The van der Waals surface area contributed by atoms with Crippen LogP contribution < -0.4 is 5.32 Å². The molecule has 1 aromatic heterocycles. The number of aliphatic hydroxyl groups is 1. The normalized spacial score (nSPS) is 12.2. The zero-order valence-electron chi connectivity index (χ0n) is 10.5. The number of benzene rings is 1. The SMILES string of the molecule is Cc1nc2ccc(C(C)(C)CNCO)cc2[nH]1. The van der Waals surface area contributed by atoms with Gasteiger partial charge in [-0.05, 0) is 24.6 Å². The third-order valence-electron chi connectivity index (χ3n) is 3.06. The fourth-order valence-electron chi connectivity index (χ4n) is 2.03. The van der Waals surface area contributed by atoms with Crippen molar-refractivity contribution >= 4 is 11.0 Å². The molecule has 3 N–H and O–H groups in total. The molecule has 17 heavy (non-hydrogen) atoms. The molecule has 2 rings (SSSR count). The highest BCUT2D eigenvalue weighted by atomic mass is 16.3. The summed E-state index contributed by atoms with van der Waals surface area (Å²) >= 11 is 0. The van der Waals surface area contributed by atoms with Gasteiger partial charge in [0.1, 0.15) is 5.82 Å². The quantitative estimate of drug-likeness (QED) is 0.704. The first-order valence-corrected chi connectivity index (χ1v) is 5.81. The average molecular weight is 233 g/mol. The summed E-state index contributed by atoms with van der Waals surface area (Å²) in [6.45, 7) is 7.01. The van der Waals surface area contributed by atoms with E-state index >= 15 is 0 Å². The van der Waals surface area contributed by atoms with E-state index in [1.807, 2.05) is 13.0 Å². The van der Waals surface area contributed by atoms with Gasteiger partial charge in [-0.2, -0.15) is 0 Å². The lowest BCUT2D eigenvalue weighted by Crippen LogP contribution is -2.33. The lowest BCUT2D eigenvalue weighted by molar-refractivity contribution is 0.248. The molecule has 1 heterocycles. The molecule has 1 aromatic carbocycles. The van der Waals surface area contributed by atoms with E-state index in [4.69, 9.17) is 5.11 Å². The smallest absolute Gasteiger partial charge is 0.104 e.